The van der Waals surface area contributed by atoms with Gasteiger partial charge in [0.25, 0.3) is 0 Å². The van der Waals surface area contributed by atoms with E-state index < -0.39 is 0 Å². The van der Waals surface area contributed by atoms with Crippen molar-refractivity contribution in [2.75, 3.05) is 0 Å². The van der Waals surface area contributed by atoms with Crippen molar-refractivity contribution in [3.8, 4) is 11.5 Å². The van der Waals surface area contributed by atoms with Gasteiger partial charge in [0.05, 0.1) is 0 Å². The molecule has 0 amide bonds. The van der Waals surface area contributed by atoms with E-state index in [-0.39, 0.29) is 0 Å². The van der Waals surface area contributed by atoms with Gasteiger partial charge in [-0.25, -0.2) is 0 Å². The molecule has 0 aliphatic heterocycles. The molecule has 5 nitrogen and oxygen atoms in total. The topological polar surface area (TPSA) is 51.4 Å². The van der Waals surface area contributed by atoms with Crippen LogP contribution in [0.15, 0.2) is 12.3 Å². The van der Waals surface area contributed by atoms with Gasteiger partial charge < -0.3 is 0 Å². The number of hydrogen-bond acceptors (Lipinski definition) is 3. The molecule has 0 radical (unpaired) electrons. The van der Waals surface area contributed by atoms with Crippen LogP contribution in [-0.2, 0) is 13.6 Å². The Bertz CT molecular complexity index is 492. The molecular weight excluding hydrogens is 198 g/mol. The predicted octanol–water partition coefficient (Wildman–Crippen LogP) is 1.36. The Labute approximate surface area is 86.4 Å². The van der Waals surface area contributed by atoms with Crippen LogP contribution in [0.5, 0.6) is 0 Å². The molecule has 14 heavy (non-hydrogen) atoms. The lowest BCUT2D eigenvalue weighted by Gasteiger charge is -1.98. The molecule has 2 aromatic rings. The normalized spacial score (nSPS) is 10.7. The molecule has 2 aromatic heterocycles. The Balaban J connectivity index is 2.56. The molecule has 0 spiro atoms. The SMILES string of the molecule is CCn1c(-c2ccn(C)n2)n[nH]c1=S. The molecule has 0 atom stereocenters. The summed E-state index contributed by atoms with van der Waals surface area (Å²) in [6.45, 7) is 2.82. The molecular formula is C8H11N5S. The van der Waals surface area contributed by atoms with Crippen molar-refractivity contribution >= 4 is 12.2 Å². The number of aryl methyl sites for hydroxylation is 1. The van der Waals surface area contributed by atoms with E-state index in [1.165, 1.54) is 0 Å². The first-order valence-corrected chi connectivity index (χ1v) is 4.78. The van der Waals surface area contributed by atoms with Crippen LogP contribution in [0.25, 0.3) is 11.5 Å². The van der Waals surface area contributed by atoms with Gasteiger partial charge in [0, 0.05) is 19.8 Å². The van der Waals surface area contributed by atoms with Crippen molar-refractivity contribution in [1.29, 1.82) is 0 Å². The van der Waals surface area contributed by atoms with Crippen LogP contribution in [0.2, 0.25) is 0 Å². The number of aromatic amines is 1. The number of nitrogens with zero attached hydrogens (tertiary/aromatic N) is 4. The largest absolute Gasteiger partial charge is 0.299 e. The van der Waals surface area contributed by atoms with Crippen molar-refractivity contribution < 1.29 is 0 Å². The molecule has 74 valence electrons. The first kappa shape index (κ1) is 9.14. The molecule has 0 bridgehead atoms. The minimum atomic E-state index is 0.633. The summed E-state index contributed by atoms with van der Waals surface area (Å²) in [6.07, 6.45) is 1.88. The number of nitrogens with one attached hydrogen (secondary N) is 1. The van der Waals surface area contributed by atoms with Gasteiger partial charge in [0.15, 0.2) is 10.6 Å². The van der Waals surface area contributed by atoms with E-state index in [4.69, 9.17) is 12.2 Å². The van der Waals surface area contributed by atoms with Gasteiger partial charge in [0.1, 0.15) is 5.69 Å². The second kappa shape index (κ2) is 3.38. The van der Waals surface area contributed by atoms with E-state index in [1.54, 1.807) is 4.68 Å². The summed E-state index contributed by atoms with van der Waals surface area (Å²) in [7, 11) is 1.88. The second-order valence-corrected chi connectivity index (χ2v) is 3.36. The monoisotopic (exact) mass is 209 g/mol. The molecule has 6 heteroatoms. The highest BCUT2D eigenvalue weighted by atomic mass is 32.1. The van der Waals surface area contributed by atoms with Crippen LogP contribution in [0.3, 0.4) is 0 Å². The Hall–Kier alpha value is -1.43. The van der Waals surface area contributed by atoms with E-state index in [1.807, 2.05) is 30.8 Å². The highest BCUT2D eigenvalue weighted by molar-refractivity contribution is 7.71. The Morgan fingerprint density at radius 2 is 2.36 bits per heavy atom. The molecule has 0 saturated heterocycles. The maximum Gasteiger partial charge on any atom is 0.195 e. The zero-order chi connectivity index (χ0) is 10.1. The molecule has 0 aliphatic carbocycles. The third-order valence-corrected chi connectivity index (χ3v) is 2.33. The van der Waals surface area contributed by atoms with Gasteiger partial charge in [-0.05, 0) is 25.2 Å². The minimum Gasteiger partial charge on any atom is -0.299 e. The zero-order valence-corrected chi connectivity index (χ0v) is 8.88. The lowest BCUT2D eigenvalue weighted by Crippen LogP contribution is -1.98. The quantitative estimate of drug-likeness (QED) is 0.760. The number of H-pyrrole nitrogens is 1. The van der Waals surface area contributed by atoms with Crippen LogP contribution in [0, 0.1) is 4.77 Å². The van der Waals surface area contributed by atoms with Gasteiger partial charge in [-0.3, -0.25) is 14.3 Å². The van der Waals surface area contributed by atoms with Crippen molar-refractivity contribution in [2.45, 2.75) is 13.5 Å². The summed E-state index contributed by atoms with van der Waals surface area (Å²) < 4.78 is 4.29. The molecule has 0 aromatic carbocycles. The first-order valence-electron chi connectivity index (χ1n) is 4.37. The highest BCUT2D eigenvalue weighted by Crippen LogP contribution is 2.13. The lowest BCUT2D eigenvalue weighted by atomic mass is 10.4. The number of rotatable bonds is 2. The second-order valence-electron chi connectivity index (χ2n) is 2.97. The maximum absolute atomic E-state index is 5.09. The van der Waals surface area contributed by atoms with Crippen molar-refractivity contribution in [2.24, 2.45) is 7.05 Å². The summed E-state index contributed by atoms with van der Waals surface area (Å²) in [5.74, 6) is 0.790. The average molecular weight is 209 g/mol. The third-order valence-electron chi connectivity index (χ3n) is 2.02. The summed E-state index contributed by atoms with van der Waals surface area (Å²) in [5.41, 5.74) is 0.835. The first-order chi connectivity index (χ1) is 6.72. The summed E-state index contributed by atoms with van der Waals surface area (Å²) >= 11 is 5.09. The molecule has 2 heterocycles. The van der Waals surface area contributed by atoms with Crippen molar-refractivity contribution in [3.63, 3.8) is 0 Å². The van der Waals surface area contributed by atoms with Crippen molar-refractivity contribution in [3.05, 3.63) is 17.0 Å². The standard InChI is InChI=1S/C8H11N5S/c1-3-13-7(9-10-8(13)14)6-4-5-12(2)11-6/h4-5H,3H2,1-2H3,(H,10,14). The lowest BCUT2D eigenvalue weighted by molar-refractivity contribution is 0.738. The Morgan fingerprint density at radius 3 is 2.93 bits per heavy atom. The van der Waals surface area contributed by atoms with Gasteiger partial charge in [-0.15, -0.1) is 0 Å². The van der Waals surface area contributed by atoms with E-state index in [2.05, 4.69) is 15.3 Å². The van der Waals surface area contributed by atoms with Crippen LogP contribution < -0.4 is 0 Å². The fourth-order valence-corrected chi connectivity index (χ4v) is 1.60. The summed E-state index contributed by atoms with van der Waals surface area (Å²) in [6, 6.07) is 1.91. The molecule has 0 fully saturated rings. The predicted molar refractivity (Wildman–Crippen MR) is 55.3 cm³/mol. The molecule has 0 saturated carbocycles. The van der Waals surface area contributed by atoms with Crippen LogP contribution in [-0.4, -0.2) is 24.5 Å². The Kier molecular flexibility index (Phi) is 2.20. The molecule has 2 rings (SSSR count). The van der Waals surface area contributed by atoms with Gasteiger partial charge >= 0.3 is 0 Å². The average Bonchev–Trinajstić information content (AvgIpc) is 2.71. The van der Waals surface area contributed by atoms with Crippen LogP contribution in [0.4, 0.5) is 0 Å². The third kappa shape index (κ3) is 1.37. The van der Waals surface area contributed by atoms with Gasteiger partial charge in [-0.1, -0.05) is 0 Å². The van der Waals surface area contributed by atoms with E-state index >= 15 is 0 Å². The highest BCUT2D eigenvalue weighted by Gasteiger charge is 2.09. The van der Waals surface area contributed by atoms with Gasteiger partial charge in [-0.2, -0.15) is 10.2 Å². The smallest absolute Gasteiger partial charge is 0.195 e. The van der Waals surface area contributed by atoms with Crippen LogP contribution >= 0.6 is 12.2 Å². The summed E-state index contributed by atoms with van der Waals surface area (Å²) in [5, 5.41) is 11.2. The fraction of sp³-hybridized carbons (Fsp3) is 0.375. The van der Waals surface area contributed by atoms with E-state index in [0.29, 0.717) is 4.77 Å². The molecule has 1 N–H and O–H groups in total. The zero-order valence-electron chi connectivity index (χ0n) is 8.06. The number of hydrogen-bond donors (Lipinski definition) is 1. The van der Waals surface area contributed by atoms with Gasteiger partial charge in [0.2, 0.25) is 0 Å². The minimum absolute atomic E-state index is 0.633. The number of aromatic nitrogens is 5. The fourth-order valence-electron chi connectivity index (χ4n) is 1.34. The Morgan fingerprint density at radius 1 is 1.57 bits per heavy atom. The van der Waals surface area contributed by atoms with Crippen molar-refractivity contribution in [1.82, 2.24) is 24.5 Å². The van der Waals surface area contributed by atoms with Crippen LogP contribution in [0.1, 0.15) is 6.92 Å². The summed E-state index contributed by atoms with van der Waals surface area (Å²) in [4.78, 5) is 0. The van der Waals surface area contributed by atoms with E-state index in [9.17, 15) is 0 Å². The maximum atomic E-state index is 5.09. The molecule has 0 aliphatic rings. The van der Waals surface area contributed by atoms with E-state index in [0.717, 1.165) is 18.1 Å². The molecule has 0 unspecified atom stereocenters.